The summed E-state index contributed by atoms with van der Waals surface area (Å²) in [6, 6.07) is 9.14. The number of likely N-dealkylation sites (N-methyl/N-ethyl adjacent to an activating group) is 1. The van der Waals surface area contributed by atoms with E-state index in [0.717, 1.165) is 18.9 Å². The molecule has 0 amide bonds. The van der Waals surface area contributed by atoms with E-state index in [0.29, 0.717) is 0 Å². The first-order valence-electron chi connectivity index (χ1n) is 7.18. The molecule has 0 bridgehead atoms. The Bertz CT molecular complexity index is 341. The van der Waals surface area contributed by atoms with Gasteiger partial charge in [-0.15, -0.1) is 0 Å². The van der Waals surface area contributed by atoms with E-state index in [1.807, 2.05) is 11.9 Å². The first kappa shape index (κ1) is 13.6. The van der Waals surface area contributed by atoms with Gasteiger partial charge in [0.2, 0.25) is 0 Å². The van der Waals surface area contributed by atoms with E-state index in [9.17, 15) is 0 Å². The number of hydrogen-bond donors (Lipinski definition) is 1. The van der Waals surface area contributed by atoms with E-state index in [1.165, 1.54) is 43.2 Å². The molecule has 18 heavy (non-hydrogen) atoms. The minimum atomic E-state index is 0.139. The zero-order chi connectivity index (χ0) is 12.8. The third kappa shape index (κ3) is 3.82. The van der Waals surface area contributed by atoms with Crippen LogP contribution in [0.3, 0.4) is 0 Å². The molecule has 100 valence electrons. The predicted molar refractivity (Wildman–Crippen MR) is 75.7 cm³/mol. The van der Waals surface area contributed by atoms with Crippen molar-refractivity contribution >= 4 is 0 Å². The second-order valence-corrected chi connectivity index (χ2v) is 5.55. The van der Waals surface area contributed by atoms with E-state index in [2.05, 4.69) is 24.3 Å². The largest absolute Gasteiger partial charge is 0.381 e. The molecule has 0 saturated heterocycles. The summed E-state index contributed by atoms with van der Waals surface area (Å²) in [7, 11) is 1.94. The highest BCUT2D eigenvalue weighted by Gasteiger charge is 2.14. The summed E-state index contributed by atoms with van der Waals surface area (Å²) >= 11 is 0. The van der Waals surface area contributed by atoms with Crippen molar-refractivity contribution in [3.05, 3.63) is 35.4 Å². The van der Waals surface area contributed by atoms with Crippen LogP contribution in [0.5, 0.6) is 0 Å². The zero-order valence-corrected chi connectivity index (χ0v) is 11.4. The second kappa shape index (κ2) is 6.91. The van der Waals surface area contributed by atoms with Crippen molar-refractivity contribution in [2.75, 3.05) is 20.3 Å². The van der Waals surface area contributed by atoms with Gasteiger partial charge < -0.3 is 5.11 Å². The van der Waals surface area contributed by atoms with Crippen LogP contribution in [0.15, 0.2) is 24.3 Å². The quantitative estimate of drug-likeness (QED) is 0.808. The summed E-state index contributed by atoms with van der Waals surface area (Å²) in [5, 5.41) is 8.95. The van der Waals surface area contributed by atoms with Gasteiger partial charge in [-0.1, -0.05) is 43.5 Å². The molecule has 0 spiro atoms. The Morgan fingerprint density at radius 3 is 2.39 bits per heavy atom. The molecule has 0 heterocycles. The van der Waals surface area contributed by atoms with Crippen LogP contribution in [0.1, 0.15) is 49.1 Å². The van der Waals surface area contributed by atoms with E-state index in [-0.39, 0.29) is 6.73 Å². The van der Waals surface area contributed by atoms with Crippen molar-refractivity contribution in [2.24, 2.45) is 0 Å². The molecule has 0 radical (unpaired) electrons. The maximum absolute atomic E-state index is 8.95. The first-order valence-corrected chi connectivity index (χ1v) is 7.18. The summed E-state index contributed by atoms with van der Waals surface area (Å²) in [6.07, 6.45) is 7.96. The van der Waals surface area contributed by atoms with Crippen LogP contribution in [0, 0.1) is 0 Å². The summed E-state index contributed by atoms with van der Waals surface area (Å²) < 4.78 is 0. The van der Waals surface area contributed by atoms with Crippen LogP contribution in [0.25, 0.3) is 0 Å². The van der Waals surface area contributed by atoms with Gasteiger partial charge in [0.05, 0.1) is 6.73 Å². The van der Waals surface area contributed by atoms with Crippen LogP contribution in [0.2, 0.25) is 0 Å². The standard InChI is InChI=1S/C16H25NO/c1-17(13-18)12-11-14-7-9-16(10-8-14)15-5-3-2-4-6-15/h7-10,15,18H,2-6,11-13H2,1H3. The maximum atomic E-state index is 8.95. The Balaban J connectivity index is 1.88. The molecular weight excluding hydrogens is 222 g/mol. The van der Waals surface area contributed by atoms with Crippen molar-refractivity contribution in [1.29, 1.82) is 0 Å². The maximum Gasteiger partial charge on any atom is 0.0954 e. The lowest BCUT2D eigenvalue weighted by Gasteiger charge is -2.22. The molecule has 2 nitrogen and oxygen atoms in total. The lowest BCUT2D eigenvalue weighted by molar-refractivity contribution is 0.134. The van der Waals surface area contributed by atoms with Gasteiger partial charge in [-0.05, 0) is 43.4 Å². The highest BCUT2D eigenvalue weighted by molar-refractivity contribution is 5.25. The third-order valence-corrected chi connectivity index (χ3v) is 4.08. The lowest BCUT2D eigenvalue weighted by atomic mass is 9.84. The summed E-state index contributed by atoms with van der Waals surface area (Å²) in [4.78, 5) is 1.93. The Labute approximate surface area is 111 Å². The fourth-order valence-electron chi connectivity index (χ4n) is 2.78. The molecule has 0 aliphatic heterocycles. The van der Waals surface area contributed by atoms with E-state index < -0.39 is 0 Å². The molecule has 1 aliphatic rings. The van der Waals surface area contributed by atoms with Gasteiger partial charge in [-0.25, -0.2) is 0 Å². The number of aliphatic hydroxyl groups is 1. The van der Waals surface area contributed by atoms with Crippen LogP contribution < -0.4 is 0 Å². The van der Waals surface area contributed by atoms with Crippen LogP contribution in [0.4, 0.5) is 0 Å². The van der Waals surface area contributed by atoms with Gasteiger partial charge in [0.1, 0.15) is 0 Å². The smallest absolute Gasteiger partial charge is 0.0954 e. The Kier molecular flexibility index (Phi) is 5.21. The lowest BCUT2D eigenvalue weighted by Crippen LogP contribution is -2.21. The van der Waals surface area contributed by atoms with Crippen molar-refractivity contribution in [2.45, 2.75) is 44.4 Å². The van der Waals surface area contributed by atoms with Gasteiger partial charge in [0.25, 0.3) is 0 Å². The number of rotatable bonds is 5. The number of aliphatic hydroxyl groups excluding tert-OH is 1. The van der Waals surface area contributed by atoms with E-state index >= 15 is 0 Å². The predicted octanol–water partition coefficient (Wildman–Crippen LogP) is 3.16. The van der Waals surface area contributed by atoms with Gasteiger partial charge in [-0.3, -0.25) is 4.90 Å². The minimum absolute atomic E-state index is 0.139. The van der Waals surface area contributed by atoms with Crippen LogP contribution >= 0.6 is 0 Å². The fraction of sp³-hybridized carbons (Fsp3) is 0.625. The normalized spacial score (nSPS) is 17.3. The van der Waals surface area contributed by atoms with Crippen LogP contribution in [-0.4, -0.2) is 30.3 Å². The molecule has 0 aromatic heterocycles. The average molecular weight is 247 g/mol. The minimum Gasteiger partial charge on any atom is -0.381 e. The molecular formula is C16H25NO. The van der Waals surface area contributed by atoms with Gasteiger partial charge >= 0.3 is 0 Å². The van der Waals surface area contributed by atoms with Gasteiger partial charge in [0.15, 0.2) is 0 Å². The topological polar surface area (TPSA) is 23.5 Å². The Morgan fingerprint density at radius 1 is 1.11 bits per heavy atom. The second-order valence-electron chi connectivity index (χ2n) is 5.55. The SMILES string of the molecule is CN(CO)CCc1ccc(C2CCCCC2)cc1. The van der Waals surface area contributed by atoms with Gasteiger partial charge in [0, 0.05) is 6.54 Å². The first-order chi connectivity index (χ1) is 8.79. The molecule has 1 saturated carbocycles. The highest BCUT2D eigenvalue weighted by Crippen LogP contribution is 2.32. The molecule has 0 atom stereocenters. The van der Waals surface area contributed by atoms with E-state index in [1.54, 1.807) is 0 Å². The summed E-state index contributed by atoms with van der Waals surface area (Å²) in [5.74, 6) is 0.799. The molecule has 2 heteroatoms. The highest BCUT2D eigenvalue weighted by atomic mass is 16.3. The van der Waals surface area contributed by atoms with Crippen molar-refractivity contribution < 1.29 is 5.11 Å². The molecule has 1 aliphatic carbocycles. The molecule has 0 unspecified atom stereocenters. The zero-order valence-electron chi connectivity index (χ0n) is 11.4. The Morgan fingerprint density at radius 2 is 1.78 bits per heavy atom. The van der Waals surface area contributed by atoms with Crippen LogP contribution in [-0.2, 0) is 6.42 Å². The molecule has 2 rings (SSSR count). The molecule has 1 aromatic carbocycles. The number of benzene rings is 1. The number of hydrogen-bond acceptors (Lipinski definition) is 2. The summed E-state index contributed by atoms with van der Waals surface area (Å²) in [5.41, 5.74) is 2.89. The third-order valence-electron chi connectivity index (χ3n) is 4.08. The van der Waals surface area contributed by atoms with Crippen molar-refractivity contribution in [1.82, 2.24) is 4.90 Å². The fourth-order valence-corrected chi connectivity index (χ4v) is 2.78. The molecule has 1 fully saturated rings. The monoisotopic (exact) mass is 247 g/mol. The molecule has 1 aromatic rings. The molecule has 1 N–H and O–H groups in total. The van der Waals surface area contributed by atoms with Crippen molar-refractivity contribution in [3.63, 3.8) is 0 Å². The average Bonchev–Trinajstić information content (AvgIpc) is 2.46. The van der Waals surface area contributed by atoms with E-state index in [4.69, 9.17) is 5.11 Å². The van der Waals surface area contributed by atoms with Crippen molar-refractivity contribution in [3.8, 4) is 0 Å². The summed E-state index contributed by atoms with van der Waals surface area (Å²) in [6.45, 7) is 1.05. The Hall–Kier alpha value is -0.860. The van der Waals surface area contributed by atoms with Gasteiger partial charge in [-0.2, -0.15) is 0 Å². The number of nitrogens with zero attached hydrogens (tertiary/aromatic N) is 1.